The lowest BCUT2D eigenvalue weighted by Gasteiger charge is -2.05. The Morgan fingerprint density at radius 1 is 1.28 bits per heavy atom. The number of hydrogen-bond donors (Lipinski definition) is 2. The molecular weight excluding hydrogens is 566 g/mol. The van der Waals surface area contributed by atoms with E-state index in [1.807, 2.05) is 42.5 Å². The van der Waals surface area contributed by atoms with Crippen LogP contribution < -0.4 is 4.74 Å². The third-order valence-corrected chi connectivity index (χ3v) is 4.91. The summed E-state index contributed by atoms with van der Waals surface area (Å²) in [7, 11) is 0. The van der Waals surface area contributed by atoms with E-state index in [-0.39, 0.29) is 12.4 Å². The van der Waals surface area contributed by atoms with Gasteiger partial charge >= 0.3 is 0 Å². The van der Waals surface area contributed by atoms with Crippen LogP contribution in [-0.2, 0) is 6.61 Å². The molecule has 3 rings (SSSR count). The predicted octanol–water partition coefficient (Wildman–Crippen LogP) is 4.32. The van der Waals surface area contributed by atoms with E-state index in [2.05, 4.69) is 60.5 Å². The number of hydrogen-bond acceptors (Lipinski definition) is 5. The summed E-state index contributed by atoms with van der Waals surface area (Å²) in [6, 6.07) is 13.2. The molecular formula is C16H12I2N4O2S. The van der Waals surface area contributed by atoms with Crippen molar-refractivity contribution in [3.8, 4) is 11.5 Å². The van der Waals surface area contributed by atoms with Crippen LogP contribution in [0.5, 0.6) is 11.5 Å². The van der Waals surface area contributed by atoms with Crippen LogP contribution in [0.15, 0.2) is 47.6 Å². The molecule has 25 heavy (non-hydrogen) atoms. The van der Waals surface area contributed by atoms with Gasteiger partial charge in [-0.2, -0.15) is 14.9 Å². The van der Waals surface area contributed by atoms with Gasteiger partial charge in [0.25, 0.3) is 0 Å². The molecule has 6 nitrogen and oxygen atoms in total. The average Bonchev–Trinajstić information content (AvgIpc) is 2.96. The van der Waals surface area contributed by atoms with Crippen LogP contribution in [0, 0.1) is 11.9 Å². The molecule has 1 aromatic heterocycles. The van der Waals surface area contributed by atoms with Crippen LogP contribution in [0.1, 0.15) is 11.4 Å². The Morgan fingerprint density at radius 2 is 2.04 bits per heavy atom. The highest BCUT2D eigenvalue weighted by atomic mass is 127. The molecule has 0 amide bonds. The number of ether oxygens (including phenoxy) is 1. The number of para-hydroxylation sites is 1. The maximum atomic E-state index is 10.2. The summed E-state index contributed by atoms with van der Waals surface area (Å²) in [5.41, 5.74) is 0.606. The summed E-state index contributed by atoms with van der Waals surface area (Å²) in [6.45, 7) is 0.213. The molecule has 0 fully saturated rings. The molecule has 1 heterocycles. The number of aromatic nitrogens is 3. The smallest absolute Gasteiger partial charge is 0.216 e. The lowest BCUT2D eigenvalue weighted by Crippen LogP contribution is -2.04. The predicted molar refractivity (Wildman–Crippen MR) is 115 cm³/mol. The number of nitrogens with one attached hydrogen (secondary N) is 1. The minimum atomic E-state index is 0.182. The van der Waals surface area contributed by atoms with Crippen molar-refractivity contribution in [2.45, 2.75) is 6.61 Å². The second-order valence-corrected chi connectivity index (χ2v) is 7.72. The Morgan fingerprint density at radius 3 is 2.80 bits per heavy atom. The summed E-state index contributed by atoms with van der Waals surface area (Å²) >= 11 is 9.48. The Balaban J connectivity index is 1.84. The number of H-pyrrole nitrogens is 1. The van der Waals surface area contributed by atoms with Crippen molar-refractivity contribution in [2.75, 3.05) is 0 Å². The minimum Gasteiger partial charge on any atom is -0.506 e. The standard InChI is InChI=1S/C16H12I2N4O2S/c17-11-6-10(15(23)13(18)7-11)8-19-22-14(20-21-16(22)25)9-24-12-4-2-1-3-5-12/h1-8,23H,9H2,(H,21,25)/b19-8+. The first-order valence-corrected chi connectivity index (χ1v) is 9.67. The van der Waals surface area contributed by atoms with E-state index in [4.69, 9.17) is 17.0 Å². The van der Waals surface area contributed by atoms with Crippen molar-refractivity contribution < 1.29 is 9.84 Å². The quantitative estimate of drug-likeness (QED) is 0.269. The molecule has 0 saturated carbocycles. The number of benzene rings is 2. The summed E-state index contributed by atoms with van der Waals surface area (Å²) in [5, 5.41) is 21.3. The average molecular weight is 578 g/mol. The number of halogens is 2. The fourth-order valence-electron chi connectivity index (χ4n) is 2.01. The van der Waals surface area contributed by atoms with Gasteiger partial charge in [0, 0.05) is 9.13 Å². The maximum Gasteiger partial charge on any atom is 0.216 e. The zero-order chi connectivity index (χ0) is 17.8. The lowest BCUT2D eigenvalue weighted by molar-refractivity contribution is 0.290. The van der Waals surface area contributed by atoms with Crippen LogP contribution in [-0.4, -0.2) is 26.2 Å². The number of aromatic hydroxyl groups is 1. The first-order valence-electron chi connectivity index (χ1n) is 7.11. The fourth-order valence-corrected chi connectivity index (χ4v) is 4.09. The van der Waals surface area contributed by atoms with Gasteiger partial charge in [-0.25, -0.2) is 5.10 Å². The number of phenolic OH excluding ortho intramolecular Hbond substituents is 1. The Hall–Kier alpha value is -1.47. The number of nitrogens with zero attached hydrogens (tertiary/aromatic N) is 3. The van der Waals surface area contributed by atoms with E-state index in [1.165, 1.54) is 4.68 Å². The fraction of sp³-hybridized carbons (Fsp3) is 0.0625. The van der Waals surface area contributed by atoms with Gasteiger partial charge in [-0.1, -0.05) is 18.2 Å². The highest BCUT2D eigenvalue weighted by Gasteiger charge is 2.08. The van der Waals surface area contributed by atoms with Gasteiger partial charge in [-0.3, -0.25) is 0 Å². The molecule has 9 heteroatoms. The van der Waals surface area contributed by atoms with Crippen molar-refractivity contribution in [3.63, 3.8) is 0 Å². The molecule has 2 aromatic carbocycles. The second-order valence-electron chi connectivity index (χ2n) is 4.93. The number of phenols is 1. The Labute approximate surface area is 176 Å². The SMILES string of the molecule is Oc1c(I)cc(I)cc1/C=N/n1c(COc2ccccc2)n[nH]c1=S. The van der Waals surface area contributed by atoms with Crippen LogP contribution in [0.3, 0.4) is 0 Å². The first-order chi connectivity index (χ1) is 12.0. The van der Waals surface area contributed by atoms with Gasteiger partial charge in [0.1, 0.15) is 18.1 Å². The topological polar surface area (TPSA) is 75.4 Å². The van der Waals surface area contributed by atoms with E-state index >= 15 is 0 Å². The molecule has 0 aliphatic heterocycles. The molecule has 0 radical (unpaired) electrons. The van der Waals surface area contributed by atoms with Crippen molar-refractivity contribution in [2.24, 2.45) is 5.10 Å². The molecule has 128 valence electrons. The molecule has 2 N–H and O–H groups in total. The van der Waals surface area contributed by atoms with Crippen LogP contribution in [0.4, 0.5) is 0 Å². The van der Waals surface area contributed by atoms with Crippen LogP contribution >= 0.6 is 57.4 Å². The van der Waals surface area contributed by atoms with Crippen molar-refractivity contribution in [1.82, 2.24) is 14.9 Å². The third kappa shape index (κ3) is 4.58. The van der Waals surface area contributed by atoms with E-state index in [9.17, 15) is 5.11 Å². The molecule has 0 aliphatic carbocycles. The van der Waals surface area contributed by atoms with E-state index in [0.717, 1.165) is 12.9 Å². The first kappa shape index (κ1) is 18.3. The van der Waals surface area contributed by atoms with Gasteiger partial charge in [0.2, 0.25) is 4.77 Å². The zero-order valence-electron chi connectivity index (χ0n) is 12.7. The largest absolute Gasteiger partial charge is 0.506 e. The zero-order valence-corrected chi connectivity index (χ0v) is 17.8. The van der Waals surface area contributed by atoms with Crippen LogP contribution in [0.25, 0.3) is 0 Å². The Kier molecular flexibility index (Phi) is 6.06. The normalized spacial score (nSPS) is 11.1. The third-order valence-electron chi connectivity index (χ3n) is 3.20. The molecule has 0 saturated heterocycles. The number of rotatable bonds is 5. The van der Waals surface area contributed by atoms with Crippen molar-refractivity contribution in [1.29, 1.82) is 0 Å². The summed E-state index contributed by atoms with van der Waals surface area (Å²) < 4.78 is 9.27. The van der Waals surface area contributed by atoms with E-state index in [1.54, 1.807) is 6.21 Å². The van der Waals surface area contributed by atoms with E-state index < -0.39 is 0 Å². The molecule has 0 unspecified atom stereocenters. The summed E-state index contributed by atoms with van der Waals surface area (Å²) in [6.07, 6.45) is 1.55. The van der Waals surface area contributed by atoms with Gasteiger partial charge in [0.05, 0.1) is 9.78 Å². The highest BCUT2D eigenvalue weighted by Crippen LogP contribution is 2.25. The minimum absolute atomic E-state index is 0.182. The van der Waals surface area contributed by atoms with E-state index in [0.29, 0.717) is 16.2 Å². The second kappa shape index (κ2) is 8.27. The van der Waals surface area contributed by atoms with Crippen LogP contribution in [0.2, 0.25) is 0 Å². The monoisotopic (exact) mass is 578 g/mol. The molecule has 0 atom stereocenters. The number of aromatic amines is 1. The van der Waals surface area contributed by atoms with Crippen molar-refractivity contribution >= 4 is 63.6 Å². The Bertz CT molecular complexity index is 970. The van der Waals surface area contributed by atoms with Gasteiger partial charge in [-0.05, 0) is 81.7 Å². The lowest BCUT2D eigenvalue weighted by atomic mass is 10.2. The summed E-state index contributed by atoms with van der Waals surface area (Å²) in [4.78, 5) is 0. The molecule has 0 spiro atoms. The molecule has 0 bridgehead atoms. The maximum absolute atomic E-state index is 10.2. The van der Waals surface area contributed by atoms with Gasteiger partial charge in [0.15, 0.2) is 5.82 Å². The van der Waals surface area contributed by atoms with Gasteiger partial charge < -0.3 is 9.84 Å². The van der Waals surface area contributed by atoms with Gasteiger partial charge in [-0.15, -0.1) is 0 Å². The summed E-state index contributed by atoms with van der Waals surface area (Å²) in [5.74, 6) is 1.45. The highest BCUT2D eigenvalue weighted by molar-refractivity contribution is 14.1. The molecule has 3 aromatic rings. The van der Waals surface area contributed by atoms with Crippen molar-refractivity contribution in [3.05, 3.63) is 65.8 Å². The molecule has 0 aliphatic rings.